The van der Waals surface area contributed by atoms with Crippen molar-refractivity contribution in [2.45, 2.75) is 18.4 Å². The molecular formula is C8H11N3O4S. The number of aliphatic carboxylic acids is 1. The molecule has 2 heterocycles. The van der Waals surface area contributed by atoms with Crippen LogP contribution in [0, 0.1) is 0 Å². The van der Waals surface area contributed by atoms with Gasteiger partial charge in [0, 0.05) is 6.20 Å². The lowest BCUT2D eigenvalue weighted by Gasteiger charge is -2.32. The van der Waals surface area contributed by atoms with Crippen LogP contribution >= 0.6 is 0 Å². The van der Waals surface area contributed by atoms with Gasteiger partial charge in [-0.1, -0.05) is 5.21 Å². The second-order valence-corrected chi connectivity index (χ2v) is 6.14. The summed E-state index contributed by atoms with van der Waals surface area (Å²) in [6, 6.07) is 0. The first-order valence-electron chi connectivity index (χ1n) is 4.77. The Balaban J connectivity index is 2.37. The van der Waals surface area contributed by atoms with Gasteiger partial charge in [-0.15, -0.1) is 5.10 Å². The minimum Gasteiger partial charge on any atom is -0.479 e. The molecule has 0 amide bonds. The maximum Gasteiger partial charge on any atom is 0.331 e. The van der Waals surface area contributed by atoms with Crippen molar-refractivity contribution >= 4 is 15.8 Å². The van der Waals surface area contributed by atoms with Crippen molar-refractivity contribution in [2.75, 3.05) is 11.5 Å². The molecule has 0 unspecified atom stereocenters. The minimum absolute atomic E-state index is 0.0357. The number of aromatic nitrogens is 3. The zero-order valence-electron chi connectivity index (χ0n) is 8.40. The average Bonchev–Trinajstić information content (AvgIpc) is 2.71. The lowest BCUT2D eigenvalue weighted by molar-refractivity contribution is -0.148. The molecule has 0 atom stereocenters. The monoisotopic (exact) mass is 245 g/mol. The van der Waals surface area contributed by atoms with Gasteiger partial charge in [-0.25, -0.2) is 17.9 Å². The van der Waals surface area contributed by atoms with Crippen LogP contribution in [-0.4, -0.2) is 46.0 Å². The summed E-state index contributed by atoms with van der Waals surface area (Å²) in [7, 11) is -3.10. The fourth-order valence-electron chi connectivity index (χ4n) is 1.85. The summed E-state index contributed by atoms with van der Waals surface area (Å²) < 4.78 is 23.8. The molecule has 2 rings (SSSR count). The number of carboxylic acids is 1. The van der Waals surface area contributed by atoms with Gasteiger partial charge in [-0.3, -0.25) is 0 Å². The first-order valence-corrected chi connectivity index (χ1v) is 6.59. The molecule has 7 nitrogen and oxygen atoms in total. The summed E-state index contributed by atoms with van der Waals surface area (Å²) in [5.41, 5.74) is -1.26. The van der Waals surface area contributed by atoms with Crippen molar-refractivity contribution in [1.82, 2.24) is 15.0 Å². The van der Waals surface area contributed by atoms with Crippen molar-refractivity contribution in [3.05, 3.63) is 12.4 Å². The fraction of sp³-hybridized carbons (Fsp3) is 0.625. The van der Waals surface area contributed by atoms with E-state index in [0.717, 1.165) is 0 Å². The number of sulfone groups is 1. The average molecular weight is 245 g/mol. The molecule has 1 N–H and O–H groups in total. The molecule has 8 heteroatoms. The van der Waals surface area contributed by atoms with Gasteiger partial charge < -0.3 is 5.11 Å². The van der Waals surface area contributed by atoms with Crippen LogP contribution in [0.25, 0.3) is 0 Å². The van der Waals surface area contributed by atoms with Crippen LogP contribution in [-0.2, 0) is 20.2 Å². The molecule has 88 valence electrons. The van der Waals surface area contributed by atoms with Crippen LogP contribution < -0.4 is 0 Å². The second-order valence-electron chi connectivity index (χ2n) is 3.84. The quantitative estimate of drug-likeness (QED) is 0.736. The van der Waals surface area contributed by atoms with E-state index in [0.29, 0.717) is 0 Å². The molecule has 0 aromatic carbocycles. The smallest absolute Gasteiger partial charge is 0.331 e. The third kappa shape index (κ3) is 1.69. The van der Waals surface area contributed by atoms with Crippen LogP contribution in [0.4, 0.5) is 0 Å². The highest BCUT2D eigenvalue weighted by molar-refractivity contribution is 7.91. The van der Waals surface area contributed by atoms with Gasteiger partial charge >= 0.3 is 5.97 Å². The number of hydrogen-bond donors (Lipinski definition) is 1. The van der Waals surface area contributed by atoms with Crippen LogP contribution in [0.2, 0.25) is 0 Å². The normalized spacial score (nSPS) is 22.8. The van der Waals surface area contributed by atoms with Gasteiger partial charge in [0.2, 0.25) is 0 Å². The molecule has 16 heavy (non-hydrogen) atoms. The third-order valence-corrected chi connectivity index (χ3v) is 4.56. The van der Waals surface area contributed by atoms with E-state index in [4.69, 9.17) is 0 Å². The standard InChI is InChI=1S/C8H11N3O4S/c12-7(13)8(11-4-3-9-10-11)1-5-16(14,15)6-2-8/h3-4H,1-2,5-6H2,(H,12,13). The highest BCUT2D eigenvalue weighted by Crippen LogP contribution is 2.30. The maximum atomic E-state index is 11.3. The summed E-state index contributed by atoms with van der Waals surface area (Å²) >= 11 is 0. The van der Waals surface area contributed by atoms with Crippen LogP contribution in [0.5, 0.6) is 0 Å². The summed E-state index contributed by atoms with van der Waals surface area (Å²) in [5, 5.41) is 16.5. The number of carboxylic acid groups (broad SMARTS) is 1. The summed E-state index contributed by atoms with van der Waals surface area (Å²) in [6.07, 6.45) is 2.90. The Labute approximate surface area is 92.0 Å². The molecule has 1 aromatic heterocycles. The maximum absolute atomic E-state index is 11.3. The van der Waals surface area contributed by atoms with Gasteiger partial charge in [-0.2, -0.15) is 0 Å². The third-order valence-electron chi connectivity index (χ3n) is 2.91. The van der Waals surface area contributed by atoms with Gasteiger partial charge in [0.15, 0.2) is 15.4 Å². The Hall–Kier alpha value is -1.44. The van der Waals surface area contributed by atoms with Gasteiger partial charge in [0.25, 0.3) is 0 Å². The molecule has 0 bridgehead atoms. The molecule has 1 aliphatic heterocycles. The highest BCUT2D eigenvalue weighted by atomic mass is 32.2. The number of carbonyl (C=O) groups is 1. The Kier molecular flexibility index (Phi) is 2.45. The van der Waals surface area contributed by atoms with Crippen molar-refractivity contribution in [3.8, 4) is 0 Å². The molecule has 0 spiro atoms. The SMILES string of the molecule is O=C(O)C1(n2ccnn2)CCS(=O)(=O)CC1. The topological polar surface area (TPSA) is 102 Å². The minimum atomic E-state index is -3.10. The molecule has 0 aliphatic carbocycles. The van der Waals surface area contributed by atoms with E-state index in [9.17, 15) is 18.3 Å². The number of rotatable bonds is 2. The van der Waals surface area contributed by atoms with Gasteiger partial charge in [0.05, 0.1) is 17.7 Å². The van der Waals surface area contributed by atoms with Crippen molar-refractivity contribution in [2.24, 2.45) is 0 Å². The zero-order chi connectivity index (χ0) is 11.8. The van der Waals surface area contributed by atoms with Crippen molar-refractivity contribution in [3.63, 3.8) is 0 Å². The Morgan fingerprint density at radius 2 is 2.00 bits per heavy atom. The largest absolute Gasteiger partial charge is 0.479 e. The van der Waals surface area contributed by atoms with Crippen LogP contribution in [0.1, 0.15) is 12.8 Å². The summed E-state index contributed by atoms with van der Waals surface area (Å²) in [4.78, 5) is 11.3. The molecule has 1 fully saturated rings. The molecule has 1 aliphatic rings. The predicted octanol–water partition coefficient (Wildman–Crippen LogP) is -0.733. The van der Waals surface area contributed by atoms with Crippen molar-refractivity contribution < 1.29 is 18.3 Å². The number of nitrogens with zero attached hydrogens (tertiary/aromatic N) is 3. The van der Waals surface area contributed by atoms with E-state index in [-0.39, 0.29) is 24.3 Å². The van der Waals surface area contributed by atoms with Gasteiger partial charge in [-0.05, 0) is 12.8 Å². The lowest BCUT2D eigenvalue weighted by Crippen LogP contribution is -2.48. The Morgan fingerprint density at radius 1 is 1.38 bits per heavy atom. The van der Waals surface area contributed by atoms with E-state index in [1.54, 1.807) is 0 Å². The van der Waals surface area contributed by atoms with Crippen molar-refractivity contribution in [1.29, 1.82) is 0 Å². The van der Waals surface area contributed by atoms with E-state index < -0.39 is 21.3 Å². The molecule has 0 radical (unpaired) electrons. The fourth-order valence-corrected chi connectivity index (χ4v) is 3.35. The lowest BCUT2D eigenvalue weighted by atomic mass is 9.93. The molecule has 0 saturated carbocycles. The first-order chi connectivity index (χ1) is 7.46. The molecular weight excluding hydrogens is 234 g/mol. The summed E-state index contributed by atoms with van der Waals surface area (Å²) in [5.74, 6) is -1.31. The molecule has 1 aromatic rings. The van der Waals surface area contributed by atoms with Gasteiger partial charge in [0.1, 0.15) is 0 Å². The van der Waals surface area contributed by atoms with Crippen LogP contribution in [0.15, 0.2) is 12.4 Å². The predicted molar refractivity (Wildman–Crippen MR) is 53.5 cm³/mol. The van der Waals surface area contributed by atoms with E-state index in [1.807, 2.05) is 0 Å². The first kappa shape index (κ1) is 11.1. The Morgan fingerprint density at radius 3 is 2.44 bits per heavy atom. The zero-order valence-corrected chi connectivity index (χ0v) is 9.22. The van der Waals surface area contributed by atoms with E-state index in [1.165, 1.54) is 17.1 Å². The van der Waals surface area contributed by atoms with Crippen LogP contribution in [0.3, 0.4) is 0 Å². The van der Waals surface area contributed by atoms with E-state index >= 15 is 0 Å². The van der Waals surface area contributed by atoms with E-state index in [2.05, 4.69) is 10.3 Å². The molecule has 1 saturated heterocycles. The second kappa shape index (κ2) is 3.55. The Bertz CT molecular complexity index is 479. The highest BCUT2D eigenvalue weighted by Gasteiger charge is 2.46. The summed E-state index contributed by atoms with van der Waals surface area (Å²) in [6.45, 7) is 0. The number of hydrogen-bond acceptors (Lipinski definition) is 5.